The number of allylic oxidation sites excluding steroid dienone is 1. The highest BCUT2D eigenvalue weighted by Crippen LogP contribution is 2.23. The van der Waals surface area contributed by atoms with Crippen LogP contribution in [0, 0.1) is 5.92 Å². The quantitative estimate of drug-likeness (QED) is 0.715. The lowest BCUT2D eigenvalue weighted by Crippen LogP contribution is -2.43. The minimum atomic E-state index is -0.582. The maximum Gasteiger partial charge on any atom is 0.429 e. The largest absolute Gasteiger partial charge is 0.493 e. The van der Waals surface area contributed by atoms with Crippen LogP contribution in [0.4, 0.5) is 4.79 Å². The predicted molar refractivity (Wildman–Crippen MR) is 60.3 cm³/mol. The fourth-order valence-corrected chi connectivity index (χ4v) is 1.46. The van der Waals surface area contributed by atoms with Crippen molar-refractivity contribution in [1.29, 1.82) is 0 Å². The van der Waals surface area contributed by atoms with Crippen molar-refractivity contribution < 1.29 is 14.6 Å². The molecule has 0 aromatic carbocycles. The van der Waals surface area contributed by atoms with Gasteiger partial charge < -0.3 is 9.84 Å². The molecule has 0 unspecified atom stereocenters. The average Bonchev–Trinajstić information content (AvgIpc) is 2.72. The minimum absolute atomic E-state index is 0.0126. The first-order chi connectivity index (χ1) is 8.02. The molecule has 0 fully saturated rings. The van der Waals surface area contributed by atoms with Crippen LogP contribution in [-0.4, -0.2) is 34.0 Å². The maximum absolute atomic E-state index is 11.3. The summed E-state index contributed by atoms with van der Waals surface area (Å²) in [5, 5.41) is 12.2. The number of hydrogen-bond donors (Lipinski definition) is 2. The third-order valence-electron chi connectivity index (χ3n) is 2.39. The van der Waals surface area contributed by atoms with Gasteiger partial charge in [-0.3, -0.25) is 0 Å². The highest BCUT2D eigenvalue weighted by atomic mass is 16.5. The highest BCUT2D eigenvalue weighted by molar-refractivity contribution is 5.98. The number of nitrogens with one attached hydrogen (secondary N) is 1. The zero-order chi connectivity index (χ0) is 12.6. The van der Waals surface area contributed by atoms with Crippen LogP contribution in [0.3, 0.4) is 0 Å². The van der Waals surface area contributed by atoms with Crippen LogP contribution in [0.1, 0.15) is 13.8 Å². The molecule has 0 aliphatic carbocycles. The topological polar surface area (TPSA) is 77.4 Å². The second-order valence-electron chi connectivity index (χ2n) is 3.96. The second-order valence-corrected chi connectivity index (χ2v) is 3.96. The molecule has 0 bridgehead atoms. The third kappa shape index (κ3) is 1.96. The molecule has 2 aliphatic rings. The molecule has 7 nitrogen and oxygen atoms in total. The van der Waals surface area contributed by atoms with Crippen molar-refractivity contribution >= 4 is 11.8 Å². The number of amides is 1. The Bertz CT molecular complexity index is 439. The molecule has 0 aromatic rings. The van der Waals surface area contributed by atoms with Gasteiger partial charge in [-0.25, -0.2) is 14.8 Å². The van der Waals surface area contributed by atoms with Crippen LogP contribution < -0.4 is 5.53 Å². The van der Waals surface area contributed by atoms with E-state index in [0.717, 1.165) is 10.7 Å². The molecular formula is C10H14N4O3. The lowest BCUT2D eigenvalue weighted by atomic mass is 10.1. The Balaban J connectivity index is 2.28. The standard InChI is InChI=1S/C10H14N4O3/c1-6(2)7-4-9(15)14-8(11-7)5-13(12-14)10(16)17-3/h4-6,12,15H,1-3H3. The van der Waals surface area contributed by atoms with Crippen LogP contribution in [-0.2, 0) is 4.74 Å². The van der Waals surface area contributed by atoms with Gasteiger partial charge in [0.25, 0.3) is 0 Å². The van der Waals surface area contributed by atoms with Gasteiger partial charge in [0.2, 0.25) is 5.88 Å². The Labute approximate surface area is 98.6 Å². The summed E-state index contributed by atoms with van der Waals surface area (Å²) < 4.78 is 4.55. The van der Waals surface area contributed by atoms with Crippen LogP contribution in [0.2, 0.25) is 0 Å². The van der Waals surface area contributed by atoms with E-state index < -0.39 is 6.09 Å². The summed E-state index contributed by atoms with van der Waals surface area (Å²) in [5.41, 5.74) is 3.38. The summed E-state index contributed by atoms with van der Waals surface area (Å²) in [6.45, 7) is 3.94. The molecule has 0 saturated carbocycles. The van der Waals surface area contributed by atoms with Gasteiger partial charge in [-0.05, 0) is 5.92 Å². The number of fused-ring (bicyclic) bond motifs is 1. The van der Waals surface area contributed by atoms with E-state index in [4.69, 9.17) is 0 Å². The molecule has 0 aromatic heterocycles. The highest BCUT2D eigenvalue weighted by Gasteiger charge is 2.31. The van der Waals surface area contributed by atoms with E-state index in [2.05, 4.69) is 15.3 Å². The summed E-state index contributed by atoms with van der Waals surface area (Å²) >= 11 is 0. The SMILES string of the molecule is COC(=O)N1C=C2N=C(C(C)C)C=C(O)N2N1. The average molecular weight is 238 g/mol. The molecule has 2 heterocycles. The molecule has 1 amide bonds. The molecule has 0 saturated heterocycles. The molecule has 7 heteroatoms. The van der Waals surface area contributed by atoms with Crippen molar-refractivity contribution in [3.05, 3.63) is 24.0 Å². The fraction of sp³-hybridized carbons (Fsp3) is 0.400. The molecule has 2 rings (SSSR count). The summed E-state index contributed by atoms with van der Waals surface area (Å²) in [5.74, 6) is 0.618. The van der Waals surface area contributed by atoms with Crippen LogP contribution in [0.25, 0.3) is 0 Å². The molecule has 0 radical (unpaired) electrons. The smallest absolute Gasteiger partial charge is 0.429 e. The number of carbonyl (C=O) groups excluding carboxylic acids is 1. The monoisotopic (exact) mass is 238 g/mol. The van der Waals surface area contributed by atoms with Gasteiger partial charge in [-0.2, -0.15) is 5.01 Å². The van der Waals surface area contributed by atoms with Crippen LogP contribution >= 0.6 is 0 Å². The third-order valence-corrected chi connectivity index (χ3v) is 2.39. The Hall–Kier alpha value is -2.02. The van der Waals surface area contributed by atoms with E-state index in [1.165, 1.54) is 18.3 Å². The second kappa shape index (κ2) is 4.10. The van der Waals surface area contributed by atoms with E-state index in [0.29, 0.717) is 5.82 Å². The molecule has 0 atom stereocenters. The zero-order valence-electron chi connectivity index (χ0n) is 9.84. The number of ether oxygens (including phenoxy) is 1. The van der Waals surface area contributed by atoms with E-state index in [-0.39, 0.29) is 11.8 Å². The first kappa shape index (κ1) is 11.5. The van der Waals surface area contributed by atoms with Crippen molar-refractivity contribution in [1.82, 2.24) is 15.6 Å². The molecule has 2 N–H and O–H groups in total. The van der Waals surface area contributed by atoms with Gasteiger partial charge >= 0.3 is 6.09 Å². The van der Waals surface area contributed by atoms with Crippen LogP contribution in [0.5, 0.6) is 0 Å². The lowest BCUT2D eigenvalue weighted by Gasteiger charge is -2.24. The molecule has 0 spiro atoms. The van der Waals surface area contributed by atoms with Crippen molar-refractivity contribution in [3.63, 3.8) is 0 Å². The fourth-order valence-electron chi connectivity index (χ4n) is 1.46. The van der Waals surface area contributed by atoms with E-state index >= 15 is 0 Å². The minimum Gasteiger partial charge on any atom is -0.493 e. The van der Waals surface area contributed by atoms with Crippen molar-refractivity contribution in [3.8, 4) is 0 Å². The van der Waals surface area contributed by atoms with Crippen molar-refractivity contribution in [2.45, 2.75) is 13.8 Å². The number of carbonyl (C=O) groups is 1. The number of aliphatic hydroxyl groups is 1. The Morgan fingerprint density at radius 2 is 2.29 bits per heavy atom. The van der Waals surface area contributed by atoms with Gasteiger partial charge in [0, 0.05) is 6.08 Å². The summed E-state index contributed by atoms with van der Waals surface area (Å²) in [4.78, 5) is 15.6. The van der Waals surface area contributed by atoms with Gasteiger partial charge in [0.15, 0.2) is 5.82 Å². The van der Waals surface area contributed by atoms with E-state index in [1.54, 1.807) is 6.08 Å². The van der Waals surface area contributed by atoms with Gasteiger partial charge in [0.05, 0.1) is 19.0 Å². The molecule has 17 heavy (non-hydrogen) atoms. The first-order valence-corrected chi connectivity index (χ1v) is 5.17. The number of methoxy groups -OCH3 is 1. The molecule has 92 valence electrons. The van der Waals surface area contributed by atoms with Crippen molar-refractivity contribution in [2.24, 2.45) is 10.9 Å². The number of nitrogens with zero attached hydrogens (tertiary/aromatic N) is 3. The maximum atomic E-state index is 11.3. The van der Waals surface area contributed by atoms with Gasteiger partial charge in [0.1, 0.15) is 0 Å². The Morgan fingerprint density at radius 3 is 2.88 bits per heavy atom. The van der Waals surface area contributed by atoms with E-state index in [1.807, 2.05) is 13.8 Å². The Morgan fingerprint density at radius 1 is 1.59 bits per heavy atom. The number of rotatable bonds is 1. The summed E-state index contributed by atoms with van der Waals surface area (Å²) in [6.07, 6.45) is 2.42. The number of aliphatic hydroxyl groups excluding tert-OH is 1. The number of hydrogen-bond acceptors (Lipinski definition) is 6. The predicted octanol–water partition coefficient (Wildman–Crippen LogP) is 1.10. The van der Waals surface area contributed by atoms with Gasteiger partial charge in [-0.1, -0.05) is 13.8 Å². The Kier molecular flexibility index (Phi) is 2.76. The van der Waals surface area contributed by atoms with E-state index in [9.17, 15) is 9.90 Å². The summed E-state index contributed by atoms with van der Waals surface area (Å²) in [7, 11) is 1.28. The zero-order valence-corrected chi connectivity index (χ0v) is 9.84. The first-order valence-electron chi connectivity index (χ1n) is 5.17. The molecular weight excluding hydrogens is 224 g/mol. The van der Waals surface area contributed by atoms with Crippen molar-refractivity contribution in [2.75, 3.05) is 7.11 Å². The molecule has 2 aliphatic heterocycles. The van der Waals surface area contributed by atoms with Gasteiger partial charge in [-0.15, -0.1) is 5.53 Å². The number of aliphatic imine (C=N–C) groups is 1. The summed E-state index contributed by atoms with van der Waals surface area (Å²) in [6, 6.07) is 0. The normalized spacial score (nSPS) is 18.7. The number of hydrazine groups is 2. The lowest BCUT2D eigenvalue weighted by molar-refractivity contribution is 0.0800. The van der Waals surface area contributed by atoms with Crippen LogP contribution in [0.15, 0.2) is 29.0 Å².